The maximum Gasteiger partial charge on any atom is 0.485 e. The topological polar surface area (TPSA) is 61.9 Å². The molecule has 0 saturated carbocycles. The van der Waals surface area contributed by atoms with Gasteiger partial charge in [-0.3, -0.25) is 4.90 Å². The van der Waals surface area contributed by atoms with Crippen LogP contribution in [0.5, 0.6) is 5.75 Å². The minimum atomic E-state index is -4.81. The molecule has 3 aromatic rings. The number of hydrogen-bond donors (Lipinski definition) is 1. The molecule has 2 unspecified atom stereocenters. The van der Waals surface area contributed by atoms with E-state index in [1.54, 1.807) is 18.2 Å². The van der Waals surface area contributed by atoms with Crippen LogP contribution in [-0.2, 0) is 9.84 Å². The summed E-state index contributed by atoms with van der Waals surface area (Å²) >= 11 is 0. The van der Waals surface area contributed by atoms with Crippen LogP contribution in [0.2, 0.25) is 0 Å². The van der Waals surface area contributed by atoms with Crippen molar-refractivity contribution in [1.29, 1.82) is 0 Å². The van der Waals surface area contributed by atoms with Crippen molar-refractivity contribution in [1.82, 2.24) is 5.32 Å². The zero-order chi connectivity index (χ0) is 27.2. The molecule has 0 amide bonds. The van der Waals surface area contributed by atoms with Crippen LogP contribution in [0, 0.1) is 5.82 Å². The van der Waals surface area contributed by atoms with Gasteiger partial charge in [-0.05, 0) is 47.5 Å². The Morgan fingerprint density at radius 3 is 2.34 bits per heavy atom. The van der Waals surface area contributed by atoms with Crippen molar-refractivity contribution in [2.75, 3.05) is 29.4 Å². The lowest BCUT2D eigenvalue weighted by molar-refractivity contribution is -0.130. The van der Waals surface area contributed by atoms with E-state index in [4.69, 9.17) is 0 Å². The molecular formula is C25H21F6N3O3S. The van der Waals surface area contributed by atoms with E-state index in [0.717, 1.165) is 24.3 Å². The van der Waals surface area contributed by atoms with E-state index in [0.29, 0.717) is 0 Å². The van der Waals surface area contributed by atoms with Crippen LogP contribution in [0.4, 0.5) is 37.7 Å². The van der Waals surface area contributed by atoms with Crippen molar-refractivity contribution in [2.45, 2.75) is 29.2 Å². The molecule has 6 nitrogen and oxygen atoms in total. The third kappa shape index (κ3) is 4.87. The number of alkyl halides is 5. The molecule has 1 fully saturated rings. The zero-order valence-electron chi connectivity index (χ0n) is 19.5. The number of nitrogens with zero attached hydrogens (tertiary/aromatic N) is 2. The number of piperazine rings is 1. The highest BCUT2D eigenvalue weighted by molar-refractivity contribution is 7.92. The second-order valence-corrected chi connectivity index (χ2v) is 11.0. The van der Waals surface area contributed by atoms with E-state index in [-0.39, 0.29) is 45.4 Å². The summed E-state index contributed by atoms with van der Waals surface area (Å²) in [7, 11) is -3.99. The lowest BCUT2D eigenvalue weighted by atomic mass is 9.99. The number of nitrogens with one attached hydrogen (secondary N) is 1. The smallest absolute Gasteiger partial charge is 0.435 e. The van der Waals surface area contributed by atoms with Crippen LogP contribution in [-0.4, -0.2) is 52.4 Å². The number of hydrogen-bond acceptors (Lipinski definition) is 6. The molecule has 2 aliphatic rings. The highest BCUT2D eigenvalue weighted by Gasteiger charge is 2.49. The quantitative estimate of drug-likeness (QED) is 0.352. The average molecular weight is 558 g/mol. The van der Waals surface area contributed by atoms with Crippen LogP contribution in [0.3, 0.4) is 0 Å². The first-order valence-electron chi connectivity index (χ1n) is 11.5. The molecule has 2 aliphatic heterocycles. The SMILES string of the molecule is O=S(=O)(c1ccccc1)C1CNCC2CN(C(F)(F)F)c3cc(-c4cc(F)cc(OC(F)F)c4)ccc3N21. The number of anilines is 2. The summed E-state index contributed by atoms with van der Waals surface area (Å²) in [4.78, 5) is 1.73. The van der Waals surface area contributed by atoms with Crippen LogP contribution in [0.1, 0.15) is 0 Å². The molecule has 0 radical (unpaired) electrons. The van der Waals surface area contributed by atoms with E-state index in [1.807, 2.05) is 0 Å². The van der Waals surface area contributed by atoms with Crippen LogP contribution in [0.25, 0.3) is 11.1 Å². The number of ether oxygens (including phenoxy) is 1. The molecule has 2 heterocycles. The molecular weight excluding hydrogens is 536 g/mol. The van der Waals surface area contributed by atoms with Crippen molar-refractivity contribution in [2.24, 2.45) is 0 Å². The number of halogens is 6. The van der Waals surface area contributed by atoms with Crippen LogP contribution in [0.15, 0.2) is 71.6 Å². The normalized spacial score (nSPS) is 19.8. The van der Waals surface area contributed by atoms with Crippen molar-refractivity contribution < 1.29 is 39.5 Å². The number of benzene rings is 3. The Balaban J connectivity index is 1.63. The largest absolute Gasteiger partial charge is 0.485 e. The number of rotatable bonds is 5. The summed E-state index contributed by atoms with van der Waals surface area (Å²) in [6.45, 7) is -3.68. The first-order valence-corrected chi connectivity index (χ1v) is 13.0. The van der Waals surface area contributed by atoms with Crippen LogP contribution < -0.4 is 19.9 Å². The average Bonchev–Trinajstić information content (AvgIpc) is 2.86. The van der Waals surface area contributed by atoms with Gasteiger partial charge in [-0.2, -0.15) is 22.0 Å². The fourth-order valence-corrected chi connectivity index (χ4v) is 6.70. The third-order valence-electron chi connectivity index (χ3n) is 6.51. The van der Waals surface area contributed by atoms with E-state index in [9.17, 15) is 34.8 Å². The predicted molar refractivity (Wildman–Crippen MR) is 128 cm³/mol. The van der Waals surface area contributed by atoms with Crippen molar-refractivity contribution in [3.05, 3.63) is 72.5 Å². The van der Waals surface area contributed by atoms with Gasteiger partial charge in [0.15, 0.2) is 0 Å². The van der Waals surface area contributed by atoms with Crippen molar-refractivity contribution in [3.8, 4) is 16.9 Å². The summed E-state index contributed by atoms with van der Waals surface area (Å²) in [5, 5.41) is 1.76. The summed E-state index contributed by atoms with van der Waals surface area (Å²) in [5.41, 5.74) is -0.176. The highest BCUT2D eigenvalue weighted by Crippen LogP contribution is 2.45. The van der Waals surface area contributed by atoms with Gasteiger partial charge >= 0.3 is 12.9 Å². The Kier molecular flexibility index (Phi) is 6.68. The molecule has 38 heavy (non-hydrogen) atoms. The molecule has 0 aliphatic carbocycles. The van der Waals surface area contributed by atoms with Crippen molar-refractivity contribution >= 4 is 21.2 Å². The maximum atomic E-state index is 14.2. The fourth-order valence-electron chi connectivity index (χ4n) is 4.92. The van der Waals surface area contributed by atoms with E-state index in [2.05, 4.69) is 10.1 Å². The summed E-state index contributed by atoms with van der Waals surface area (Å²) in [6, 6.07) is 13.5. The fraction of sp³-hybridized carbons (Fsp3) is 0.280. The Labute approximate surface area is 214 Å². The lowest BCUT2D eigenvalue weighted by Crippen LogP contribution is -2.66. The van der Waals surface area contributed by atoms with Gasteiger partial charge in [-0.1, -0.05) is 24.3 Å². The van der Waals surface area contributed by atoms with Gasteiger partial charge in [-0.15, -0.1) is 0 Å². The van der Waals surface area contributed by atoms with Crippen molar-refractivity contribution in [3.63, 3.8) is 0 Å². The second-order valence-electron chi connectivity index (χ2n) is 8.87. The third-order valence-corrected chi connectivity index (χ3v) is 8.55. The first-order chi connectivity index (χ1) is 17.9. The van der Waals surface area contributed by atoms with Gasteiger partial charge in [-0.25, -0.2) is 12.8 Å². The summed E-state index contributed by atoms with van der Waals surface area (Å²) < 4.78 is 113. The molecule has 0 bridgehead atoms. The standard InChI is InChI=1S/C25H21F6N3O3S/c26-17-8-16(9-19(11-17)37-24(27)28)15-6-7-21-22(10-15)33(25(29,30)31)14-18-12-32-13-23(34(18)21)38(35,36)20-4-2-1-3-5-20/h1-11,18,23-24,32H,12-14H2. The van der Waals surface area contributed by atoms with E-state index < -0.39 is 52.3 Å². The van der Waals surface area contributed by atoms with Gasteiger partial charge in [0.25, 0.3) is 0 Å². The maximum absolute atomic E-state index is 14.2. The van der Waals surface area contributed by atoms with Gasteiger partial charge in [0, 0.05) is 25.7 Å². The predicted octanol–water partition coefficient (Wildman–Crippen LogP) is 5.01. The Bertz CT molecular complexity index is 1440. The van der Waals surface area contributed by atoms with Gasteiger partial charge in [0.05, 0.1) is 22.3 Å². The van der Waals surface area contributed by atoms with Gasteiger partial charge in [0.2, 0.25) is 9.84 Å². The highest BCUT2D eigenvalue weighted by atomic mass is 32.2. The Morgan fingerprint density at radius 2 is 1.66 bits per heavy atom. The molecule has 2 atom stereocenters. The molecule has 202 valence electrons. The van der Waals surface area contributed by atoms with Crippen LogP contribution >= 0.6 is 0 Å². The zero-order valence-corrected chi connectivity index (χ0v) is 20.3. The lowest BCUT2D eigenvalue weighted by Gasteiger charge is -2.50. The first kappa shape index (κ1) is 26.2. The molecule has 3 aromatic carbocycles. The van der Waals surface area contributed by atoms with Gasteiger partial charge < -0.3 is 15.0 Å². The monoisotopic (exact) mass is 557 g/mol. The minimum absolute atomic E-state index is 0.0147. The molecule has 5 rings (SSSR count). The molecule has 13 heteroatoms. The molecule has 0 aromatic heterocycles. The Hall–Kier alpha value is -3.45. The Morgan fingerprint density at radius 1 is 0.921 bits per heavy atom. The molecule has 1 N–H and O–H groups in total. The second kappa shape index (κ2) is 9.70. The number of sulfone groups is 1. The minimum Gasteiger partial charge on any atom is -0.435 e. The van der Waals surface area contributed by atoms with E-state index in [1.165, 1.54) is 29.2 Å². The number of fused-ring (bicyclic) bond motifs is 3. The molecule has 0 spiro atoms. The summed E-state index contributed by atoms with van der Waals surface area (Å²) in [6.07, 6.45) is -4.81. The van der Waals surface area contributed by atoms with E-state index >= 15 is 0 Å². The van der Waals surface area contributed by atoms with Gasteiger partial charge in [0.1, 0.15) is 16.9 Å². The molecule has 1 saturated heterocycles. The summed E-state index contributed by atoms with van der Waals surface area (Å²) in [5.74, 6) is -1.41.